The number of halogens is 2. The number of amides is 1. The summed E-state index contributed by atoms with van der Waals surface area (Å²) in [5, 5.41) is 2.45. The van der Waals surface area contributed by atoms with Gasteiger partial charge in [0.25, 0.3) is 5.91 Å². The summed E-state index contributed by atoms with van der Waals surface area (Å²) in [5.74, 6) is -1.09. The minimum absolute atomic E-state index is 0.0814. The van der Waals surface area contributed by atoms with Crippen molar-refractivity contribution in [2.24, 2.45) is 5.92 Å². The Kier molecular flexibility index (Phi) is 5.15. The predicted octanol–water partition coefficient (Wildman–Crippen LogP) is 3.66. The minimum atomic E-state index is -0.735. The first-order chi connectivity index (χ1) is 10.1. The first-order valence-electron chi connectivity index (χ1n) is 7.52. The maximum Gasteiger partial charge on any atom is 0.254 e. The molecule has 3 nitrogen and oxygen atoms in total. The molecule has 1 aliphatic heterocycles. The average molecular weight is 296 g/mol. The van der Waals surface area contributed by atoms with Crippen LogP contribution in [0.15, 0.2) is 12.1 Å². The predicted molar refractivity (Wildman–Crippen MR) is 79.4 cm³/mol. The van der Waals surface area contributed by atoms with Gasteiger partial charge in [-0.1, -0.05) is 19.8 Å². The van der Waals surface area contributed by atoms with Gasteiger partial charge in [0, 0.05) is 25.7 Å². The zero-order chi connectivity index (χ0) is 15.4. The van der Waals surface area contributed by atoms with E-state index in [4.69, 9.17) is 0 Å². The lowest BCUT2D eigenvalue weighted by Crippen LogP contribution is -2.38. The first kappa shape index (κ1) is 15.7. The van der Waals surface area contributed by atoms with Crippen molar-refractivity contribution in [3.63, 3.8) is 0 Å². The third kappa shape index (κ3) is 3.52. The number of anilines is 1. The van der Waals surface area contributed by atoms with E-state index in [-0.39, 0.29) is 17.2 Å². The maximum atomic E-state index is 13.7. The lowest BCUT2D eigenvalue weighted by Gasteiger charge is -2.32. The highest BCUT2D eigenvalue weighted by Gasteiger charge is 2.24. The van der Waals surface area contributed by atoms with E-state index in [0.29, 0.717) is 19.0 Å². The van der Waals surface area contributed by atoms with Gasteiger partial charge in [-0.15, -0.1) is 0 Å². The van der Waals surface area contributed by atoms with Crippen LogP contribution in [0.4, 0.5) is 14.5 Å². The molecule has 1 heterocycles. The fourth-order valence-electron chi connectivity index (χ4n) is 2.95. The van der Waals surface area contributed by atoms with Gasteiger partial charge in [0.2, 0.25) is 0 Å². The van der Waals surface area contributed by atoms with Crippen molar-refractivity contribution >= 4 is 11.6 Å². The van der Waals surface area contributed by atoms with Gasteiger partial charge in [0.15, 0.2) is 0 Å². The molecule has 0 aromatic heterocycles. The first-order valence-corrected chi connectivity index (χ1v) is 7.52. The van der Waals surface area contributed by atoms with Gasteiger partial charge in [-0.05, 0) is 30.9 Å². The lowest BCUT2D eigenvalue weighted by molar-refractivity contribution is 0.0685. The Hall–Kier alpha value is -1.65. The Labute approximate surface area is 124 Å². The zero-order valence-electron chi connectivity index (χ0n) is 12.6. The second-order valence-corrected chi connectivity index (χ2v) is 5.59. The van der Waals surface area contributed by atoms with Crippen LogP contribution in [0, 0.1) is 17.6 Å². The lowest BCUT2D eigenvalue weighted by atomic mass is 9.92. The fourth-order valence-corrected chi connectivity index (χ4v) is 2.95. The summed E-state index contributed by atoms with van der Waals surface area (Å²) in [6.45, 7) is 3.49. The number of benzene rings is 1. The molecule has 1 aromatic rings. The SMILES string of the molecule is CCCC1CCN(C(=O)c2cc(F)c(NC)c(F)c2)CC1. The smallest absolute Gasteiger partial charge is 0.254 e. The van der Waals surface area contributed by atoms with Crippen molar-refractivity contribution in [2.75, 3.05) is 25.5 Å². The molecule has 21 heavy (non-hydrogen) atoms. The van der Waals surface area contributed by atoms with Crippen LogP contribution in [-0.2, 0) is 0 Å². The normalized spacial score (nSPS) is 16.1. The van der Waals surface area contributed by atoms with E-state index in [1.54, 1.807) is 4.90 Å². The number of nitrogens with zero attached hydrogens (tertiary/aromatic N) is 1. The summed E-state index contributed by atoms with van der Waals surface area (Å²) in [7, 11) is 1.45. The van der Waals surface area contributed by atoms with Gasteiger partial charge in [-0.25, -0.2) is 8.78 Å². The van der Waals surface area contributed by atoms with E-state index in [1.165, 1.54) is 13.5 Å². The van der Waals surface area contributed by atoms with Crippen LogP contribution >= 0.6 is 0 Å². The quantitative estimate of drug-likeness (QED) is 0.919. The number of rotatable bonds is 4. The molecule has 1 saturated heterocycles. The Morgan fingerprint density at radius 1 is 1.29 bits per heavy atom. The molecule has 1 aliphatic rings. The van der Waals surface area contributed by atoms with Gasteiger partial charge in [0.1, 0.15) is 17.3 Å². The largest absolute Gasteiger partial charge is 0.383 e. The molecule has 1 amide bonds. The van der Waals surface area contributed by atoms with E-state index in [9.17, 15) is 13.6 Å². The van der Waals surface area contributed by atoms with Crippen molar-refractivity contribution in [1.29, 1.82) is 0 Å². The fraction of sp³-hybridized carbons (Fsp3) is 0.562. The molecule has 0 bridgehead atoms. The molecular formula is C16H22F2N2O. The van der Waals surface area contributed by atoms with Crippen LogP contribution in [-0.4, -0.2) is 30.9 Å². The Bertz CT molecular complexity index is 488. The van der Waals surface area contributed by atoms with Gasteiger partial charge in [-0.2, -0.15) is 0 Å². The summed E-state index contributed by atoms with van der Waals surface area (Å²) >= 11 is 0. The van der Waals surface area contributed by atoms with E-state index in [0.717, 1.165) is 31.4 Å². The molecule has 2 rings (SSSR count). The summed E-state index contributed by atoms with van der Waals surface area (Å²) in [4.78, 5) is 14.0. The highest BCUT2D eigenvalue weighted by molar-refractivity contribution is 5.94. The van der Waals surface area contributed by atoms with Crippen molar-refractivity contribution in [1.82, 2.24) is 4.90 Å². The topological polar surface area (TPSA) is 32.3 Å². The highest BCUT2D eigenvalue weighted by Crippen LogP contribution is 2.25. The number of carbonyl (C=O) groups is 1. The molecule has 1 aromatic carbocycles. The highest BCUT2D eigenvalue weighted by atomic mass is 19.1. The standard InChI is InChI=1S/C16H22F2N2O/c1-3-4-11-5-7-20(8-6-11)16(21)12-9-13(17)15(19-2)14(18)10-12/h9-11,19H,3-8H2,1-2H3. The van der Waals surface area contributed by atoms with Crippen LogP contribution in [0.2, 0.25) is 0 Å². The minimum Gasteiger partial charge on any atom is -0.383 e. The van der Waals surface area contributed by atoms with Gasteiger partial charge in [-0.3, -0.25) is 4.79 Å². The Morgan fingerprint density at radius 2 is 1.86 bits per heavy atom. The third-order valence-corrected chi connectivity index (χ3v) is 4.14. The second kappa shape index (κ2) is 6.87. The summed E-state index contributed by atoms with van der Waals surface area (Å²) in [6, 6.07) is 2.21. The molecular weight excluding hydrogens is 274 g/mol. The Balaban J connectivity index is 2.07. The molecule has 1 N–H and O–H groups in total. The molecule has 0 aliphatic carbocycles. The monoisotopic (exact) mass is 296 g/mol. The number of piperidine rings is 1. The number of hydrogen-bond donors (Lipinski definition) is 1. The number of likely N-dealkylation sites (tertiary alicyclic amines) is 1. The second-order valence-electron chi connectivity index (χ2n) is 5.59. The van der Waals surface area contributed by atoms with Gasteiger partial charge < -0.3 is 10.2 Å². The van der Waals surface area contributed by atoms with Gasteiger partial charge in [0.05, 0.1) is 0 Å². The van der Waals surface area contributed by atoms with Crippen LogP contribution in [0.1, 0.15) is 43.0 Å². The Morgan fingerprint density at radius 3 is 2.33 bits per heavy atom. The van der Waals surface area contributed by atoms with E-state index >= 15 is 0 Å². The van der Waals surface area contributed by atoms with Crippen LogP contribution < -0.4 is 5.32 Å². The maximum absolute atomic E-state index is 13.7. The summed E-state index contributed by atoms with van der Waals surface area (Å²) in [6.07, 6.45) is 4.28. The zero-order valence-corrected chi connectivity index (χ0v) is 12.6. The molecule has 0 saturated carbocycles. The average Bonchev–Trinajstić information content (AvgIpc) is 2.47. The molecule has 116 valence electrons. The van der Waals surface area contributed by atoms with E-state index < -0.39 is 11.6 Å². The number of hydrogen-bond acceptors (Lipinski definition) is 2. The molecule has 1 fully saturated rings. The van der Waals surface area contributed by atoms with Crippen LogP contribution in [0.5, 0.6) is 0 Å². The van der Waals surface area contributed by atoms with E-state index in [1.807, 2.05) is 0 Å². The third-order valence-electron chi connectivity index (χ3n) is 4.14. The molecule has 0 unspecified atom stereocenters. The molecule has 0 spiro atoms. The molecule has 0 atom stereocenters. The number of nitrogens with one attached hydrogen (secondary N) is 1. The summed E-state index contributed by atoms with van der Waals surface area (Å²) in [5.41, 5.74) is -0.119. The molecule has 0 radical (unpaired) electrons. The van der Waals surface area contributed by atoms with Crippen molar-refractivity contribution in [3.8, 4) is 0 Å². The van der Waals surface area contributed by atoms with Crippen molar-refractivity contribution < 1.29 is 13.6 Å². The van der Waals surface area contributed by atoms with Crippen molar-refractivity contribution in [3.05, 3.63) is 29.3 Å². The number of carbonyl (C=O) groups excluding carboxylic acids is 1. The summed E-state index contributed by atoms with van der Waals surface area (Å²) < 4.78 is 27.5. The molecule has 5 heteroatoms. The van der Waals surface area contributed by atoms with Crippen LogP contribution in [0.25, 0.3) is 0 Å². The van der Waals surface area contributed by atoms with Crippen molar-refractivity contribution in [2.45, 2.75) is 32.6 Å². The van der Waals surface area contributed by atoms with Gasteiger partial charge >= 0.3 is 0 Å². The van der Waals surface area contributed by atoms with Crippen LogP contribution in [0.3, 0.4) is 0 Å². The van der Waals surface area contributed by atoms with E-state index in [2.05, 4.69) is 12.2 Å².